The molecule has 2 atom stereocenters. The average molecular weight is 317 g/mol. The molecule has 0 heterocycles. The van der Waals surface area contributed by atoms with Gasteiger partial charge in [0.25, 0.3) is 0 Å². The summed E-state index contributed by atoms with van der Waals surface area (Å²) in [5.41, 5.74) is 9.40. The first-order chi connectivity index (χ1) is 10.4. The van der Waals surface area contributed by atoms with Crippen LogP contribution in [0, 0.1) is 13.8 Å². The Morgan fingerprint density at radius 3 is 2.27 bits per heavy atom. The summed E-state index contributed by atoms with van der Waals surface area (Å²) in [5.74, 6) is -1.25. The molecular formula is C17H19NO3S. The van der Waals surface area contributed by atoms with Crippen LogP contribution >= 0.6 is 11.8 Å². The van der Waals surface area contributed by atoms with Crippen molar-refractivity contribution >= 4 is 23.4 Å². The number of nitrogen functional groups attached to an aromatic ring is 1. The van der Waals surface area contributed by atoms with Gasteiger partial charge in [-0.05, 0) is 37.1 Å². The third kappa shape index (κ3) is 3.81. The van der Waals surface area contributed by atoms with Crippen molar-refractivity contribution in [3.8, 4) is 0 Å². The van der Waals surface area contributed by atoms with Gasteiger partial charge in [0.15, 0.2) is 6.10 Å². The van der Waals surface area contributed by atoms with Crippen LogP contribution in [-0.4, -0.2) is 22.3 Å². The minimum Gasteiger partial charge on any atom is -0.479 e. The molecular weight excluding hydrogens is 298 g/mol. The van der Waals surface area contributed by atoms with Gasteiger partial charge in [-0.2, -0.15) is 0 Å². The number of aliphatic hydroxyl groups is 1. The quantitative estimate of drug-likeness (QED) is 0.583. The molecule has 0 aromatic heterocycles. The first-order valence-corrected chi connectivity index (χ1v) is 7.76. The van der Waals surface area contributed by atoms with Gasteiger partial charge in [0, 0.05) is 10.6 Å². The van der Waals surface area contributed by atoms with Crippen molar-refractivity contribution in [1.29, 1.82) is 0 Å². The zero-order valence-corrected chi connectivity index (χ0v) is 13.3. The number of nitrogens with two attached hydrogens (primary N) is 1. The number of carboxylic acids is 1. The van der Waals surface area contributed by atoms with Crippen molar-refractivity contribution in [1.82, 2.24) is 0 Å². The number of hydrogen-bond donors (Lipinski definition) is 3. The molecule has 0 amide bonds. The highest BCUT2D eigenvalue weighted by molar-refractivity contribution is 7.99. The molecule has 0 aliphatic carbocycles. The molecule has 2 aromatic rings. The molecule has 0 fully saturated rings. The average Bonchev–Trinajstić information content (AvgIpc) is 2.48. The Labute approximate surface area is 134 Å². The van der Waals surface area contributed by atoms with Crippen LogP contribution in [0.3, 0.4) is 0 Å². The molecule has 116 valence electrons. The van der Waals surface area contributed by atoms with E-state index in [1.807, 2.05) is 50.2 Å². The molecule has 0 saturated carbocycles. The van der Waals surface area contributed by atoms with Crippen molar-refractivity contribution in [2.75, 3.05) is 5.73 Å². The van der Waals surface area contributed by atoms with Crippen LogP contribution in [0.25, 0.3) is 0 Å². The van der Waals surface area contributed by atoms with E-state index in [1.165, 1.54) is 11.8 Å². The lowest BCUT2D eigenvalue weighted by Gasteiger charge is -2.21. The predicted molar refractivity (Wildman–Crippen MR) is 89.0 cm³/mol. The first kappa shape index (κ1) is 16.4. The maximum atomic E-state index is 11.2. The molecule has 0 unspecified atom stereocenters. The topological polar surface area (TPSA) is 83.5 Å². The fourth-order valence-corrected chi connectivity index (χ4v) is 3.35. The van der Waals surface area contributed by atoms with Gasteiger partial charge in [-0.1, -0.05) is 35.9 Å². The van der Waals surface area contributed by atoms with Gasteiger partial charge in [0.1, 0.15) is 0 Å². The van der Waals surface area contributed by atoms with Crippen molar-refractivity contribution in [3.05, 3.63) is 59.2 Å². The highest BCUT2D eigenvalue weighted by Crippen LogP contribution is 2.40. The van der Waals surface area contributed by atoms with E-state index in [1.54, 1.807) is 6.07 Å². The van der Waals surface area contributed by atoms with E-state index in [2.05, 4.69) is 0 Å². The standard InChI is InChI=1S/C17H19NO3S/c1-10-3-6-12(7-4-10)16(15(19)17(20)21)22-14-9-11(2)5-8-13(14)18/h3-9,15-16,19H,18H2,1-2H3,(H,20,21)/t15-,16+/m1/s1. The van der Waals surface area contributed by atoms with Crippen LogP contribution in [0.15, 0.2) is 47.4 Å². The second-order valence-electron chi connectivity index (χ2n) is 5.27. The number of rotatable bonds is 5. The van der Waals surface area contributed by atoms with Crippen LogP contribution in [0.2, 0.25) is 0 Å². The van der Waals surface area contributed by atoms with E-state index in [0.717, 1.165) is 21.6 Å². The fourth-order valence-electron chi connectivity index (χ4n) is 2.08. The summed E-state index contributed by atoms with van der Waals surface area (Å²) in [6.45, 7) is 3.90. The summed E-state index contributed by atoms with van der Waals surface area (Å²) in [4.78, 5) is 12.0. The molecule has 0 spiro atoms. The lowest BCUT2D eigenvalue weighted by Crippen LogP contribution is -2.26. The Hall–Kier alpha value is -1.98. The maximum Gasteiger partial charge on any atom is 0.334 e. The van der Waals surface area contributed by atoms with E-state index < -0.39 is 17.3 Å². The molecule has 0 radical (unpaired) electrons. The highest BCUT2D eigenvalue weighted by atomic mass is 32.2. The zero-order chi connectivity index (χ0) is 16.3. The van der Waals surface area contributed by atoms with Gasteiger partial charge in [-0.15, -0.1) is 11.8 Å². The molecule has 2 aromatic carbocycles. The van der Waals surface area contributed by atoms with E-state index in [0.29, 0.717) is 5.69 Å². The number of thioether (sulfide) groups is 1. The number of aliphatic carboxylic acids is 1. The Morgan fingerprint density at radius 1 is 1.09 bits per heavy atom. The largest absolute Gasteiger partial charge is 0.479 e. The normalized spacial score (nSPS) is 13.6. The number of carbonyl (C=O) groups is 1. The molecule has 5 heteroatoms. The number of carboxylic acid groups (broad SMARTS) is 1. The molecule has 0 aliphatic rings. The first-order valence-electron chi connectivity index (χ1n) is 6.88. The molecule has 0 aliphatic heterocycles. The summed E-state index contributed by atoms with van der Waals surface area (Å²) < 4.78 is 0. The summed E-state index contributed by atoms with van der Waals surface area (Å²) in [6, 6.07) is 13.1. The van der Waals surface area contributed by atoms with Crippen LogP contribution in [0.5, 0.6) is 0 Å². The molecule has 2 rings (SSSR count). The summed E-state index contributed by atoms with van der Waals surface area (Å²) in [6.07, 6.45) is -1.51. The third-order valence-electron chi connectivity index (χ3n) is 3.37. The number of anilines is 1. The number of hydrogen-bond acceptors (Lipinski definition) is 4. The van der Waals surface area contributed by atoms with Gasteiger partial charge in [-0.25, -0.2) is 4.79 Å². The van der Waals surface area contributed by atoms with Crippen molar-refractivity contribution in [2.24, 2.45) is 0 Å². The molecule has 4 nitrogen and oxygen atoms in total. The third-order valence-corrected chi connectivity index (χ3v) is 4.76. The maximum absolute atomic E-state index is 11.2. The number of aliphatic hydroxyl groups excluding tert-OH is 1. The number of benzene rings is 2. The Balaban J connectivity index is 2.38. The van der Waals surface area contributed by atoms with Gasteiger partial charge >= 0.3 is 5.97 Å². The fraction of sp³-hybridized carbons (Fsp3) is 0.235. The molecule has 0 bridgehead atoms. The summed E-state index contributed by atoms with van der Waals surface area (Å²) >= 11 is 1.27. The SMILES string of the molecule is Cc1ccc([C@H](Sc2cc(C)ccc2N)[C@@H](O)C(=O)O)cc1. The van der Waals surface area contributed by atoms with Gasteiger partial charge < -0.3 is 15.9 Å². The van der Waals surface area contributed by atoms with Crippen LogP contribution in [0.1, 0.15) is 21.9 Å². The van der Waals surface area contributed by atoms with Crippen molar-refractivity contribution in [2.45, 2.75) is 30.1 Å². The van der Waals surface area contributed by atoms with Crippen molar-refractivity contribution in [3.63, 3.8) is 0 Å². The molecule has 4 N–H and O–H groups in total. The zero-order valence-electron chi connectivity index (χ0n) is 12.5. The number of aryl methyl sites for hydroxylation is 2. The van der Waals surface area contributed by atoms with Crippen LogP contribution in [0.4, 0.5) is 5.69 Å². The second kappa shape index (κ2) is 6.85. The van der Waals surface area contributed by atoms with E-state index in [-0.39, 0.29) is 0 Å². The van der Waals surface area contributed by atoms with Crippen molar-refractivity contribution < 1.29 is 15.0 Å². The Morgan fingerprint density at radius 2 is 1.68 bits per heavy atom. The lowest BCUT2D eigenvalue weighted by molar-refractivity contribution is -0.146. The van der Waals surface area contributed by atoms with Crippen LogP contribution < -0.4 is 5.73 Å². The Bertz CT molecular complexity index is 670. The molecule has 0 saturated heterocycles. The lowest BCUT2D eigenvalue weighted by atomic mass is 10.1. The predicted octanol–water partition coefficient (Wildman–Crippen LogP) is 3.16. The van der Waals surface area contributed by atoms with Gasteiger partial charge in [0.2, 0.25) is 0 Å². The smallest absolute Gasteiger partial charge is 0.334 e. The summed E-state index contributed by atoms with van der Waals surface area (Å²) in [7, 11) is 0. The van der Waals surface area contributed by atoms with Crippen LogP contribution in [-0.2, 0) is 4.79 Å². The monoisotopic (exact) mass is 317 g/mol. The second-order valence-corrected chi connectivity index (χ2v) is 6.46. The van der Waals surface area contributed by atoms with E-state index in [9.17, 15) is 15.0 Å². The molecule has 22 heavy (non-hydrogen) atoms. The Kier molecular flexibility index (Phi) is 5.11. The minimum absolute atomic E-state index is 0.574. The van der Waals surface area contributed by atoms with E-state index in [4.69, 9.17) is 5.73 Å². The summed E-state index contributed by atoms with van der Waals surface area (Å²) in [5, 5.41) is 18.6. The highest BCUT2D eigenvalue weighted by Gasteiger charge is 2.28. The van der Waals surface area contributed by atoms with Gasteiger partial charge in [0.05, 0.1) is 5.25 Å². The van der Waals surface area contributed by atoms with Gasteiger partial charge in [-0.3, -0.25) is 0 Å². The van der Waals surface area contributed by atoms with E-state index >= 15 is 0 Å². The minimum atomic E-state index is -1.51.